The lowest BCUT2D eigenvalue weighted by molar-refractivity contribution is -0.126. The topological polar surface area (TPSA) is 87.6 Å². The lowest BCUT2D eigenvalue weighted by Crippen LogP contribution is -2.47. The molecule has 1 saturated heterocycles. The van der Waals surface area contributed by atoms with Gasteiger partial charge in [-0.3, -0.25) is 4.79 Å². The molecule has 1 unspecified atom stereocenters. The van der Waals surface area contributed by atoms with Gasteiger partial charge in [0.05, 0.1) is 19.1 Å². The molecule has 7 heteroatoms. The predicted octanol–water partition coefficient (Wildman–Crippen LogP) is 2.79. The maximum Gasteiger partial charge on any atom is 0.225 e. The van der Waals surface area contributed by atoms with Gasteiger partial charge in [0.1, 0.15) is 5.82 Å². The van der Waals surface area contributed by atoms with E-state index < -0.39 is 0 Å². The summed E-state index contributed by atoms with van der Waals surface area (Å²) in [5, 5.41) is 12.9. The van der Waals surface area contributed by atoms with Gasteiger partial charge < -0.3 is 20.1 Å². The number of nitrogens with one attached hydrogen (secondary N) is 1. The fourth-order valence-corrected chi connectivity index (χ4v) is 4.35. The van der Waals surface area contributed by atoms with Gasteiger partial charge in [-0.2, -0.15) is 0 Å². The SMILES string of the molecule is COc1ccc(-c2ccc(N3CCCC(C(=O)NC4CCC(O)CC4)C3)nc2)cn1. The predicted molar refractivity (Wildman–Crippen MR) is 115 cm³/mol. The Hall–Kier alpha value is -2.67. The van der Waals surface area contributed by atoms with Crippen molar-refractivity contribution in [3.8, 4) is 17.0 Å². The number of aliphatic hydroxyl groups excluding tert-OH is 1. The molecule has 4 rings (SSSR count). The molecule has 1 atom stereocenters. The van der Waals surface area contributed by atoms with E-state index in [0.717, 1.165) is 62.0 Å². The monoisotopic (exact) mass is 410 g/mol. The van der Waals surface area contributed by atoms with Crippen molar-refractivity contribution in [2.45, 2.75) is 50.7 Å². The van der Waals surface area contributed by atoms with Crippen LogP contribution >= 0.6 is 0 Å². The average molecular weight is 411 g/mol. The number of nitrogens with zero attached hydrogens (tertiary/aromatic N) is 3. The van der Waals surface area contributed by atoms with Gasteiger partial charge in [-0.05, 0) is 56.7 Å². The van der Waals surface area contributed by atoms with Crippen LogP contribution in [0.4, 0.5) is 5.82 Å². The Balaban J connectivity index is 1.36. The standard InChI is InChI=1S/C23H30N4O3/c1-30-22-11-5-17(14-25-22)16-4-10-21(24-13-16)27-12-2-3-18(15-27)23(29)26-19-6-8-20(28)9-7-19/h4-5,10-11,13-14,18-20,28H,2-3,6-9,12,15H2,1H3,(H,26,29). The third-order valence-electron chi connectivity index (χ3n) is 6.19. The molecule has 160 valence electrons. The van der Waals surface area contributed by atoms with Crippen LogP contribution in [0.3, 0.4) is 0 Å². The highest BCUT2D eigenvalue weighted by Crippen LogP contribution is 2.26. The minimum Gasteiger partial charge on any atom is -0.481 e. The summed E-state index contributed by atoms with van der Waals surface area (Å²) in [6.07, 6.45) is 8.62. The van der Waals surface area contributed by atoms with Crippen LogP contribution in [-0.4, -0.2) is 53.3 Å². The summed E-state index contributed by atoms with van der Waals surface area (Å²) in [4.78, 5) is 23.9. The Bertz CT molecular complexity index is 833. The highest BCUT2D eigenvalue weighted by Gasteiger charge is 2.29. The smallest absolute Gasteiger partial charge is 0.225 e. The van der Waals surface area contributed by atoms with E-state index in [1.807, 2.05) is 30.5 Å². The van der Waals surface area contributed by atoms with Gasteiger partial charge in [-0.1, -0.05) is 0 Å². The van der Waals surface area contributed by atoms with Crippen molar-refractivity contribution in [3.05, 3.63) is 36.7 Å². The van der Waals surface area contributed by atoms with Crippen LogP contribution in [0, 0.1) is 5.92 Å². The fraction of sp³-hybridized carbons (Fsp3) is 0.522. The van der Waals surface area contributed by atoms with Crippen LogP contribution in [0.2, 0.25) is 0 Å². The minimum atomic E-state index is -0.203. The van der Waals surface area contributed by atoms with Crippen LogP contribution in [0.25, 0.3) is 11.1 Å². The molecule has 0 spiro atoms. The summed E-state index contributed by atoms with van der Waals surface area (Å²) in [5.74, 6) is 1.61. The third-order valence-corrected chi connectivity index (χ3v) is 6.19. The van der Waals surface area contributed by atoms with Gasteiger partial charge in [0, 0.05) is 48.7 Å². The van der Waals surface area contributed by atoms with Gasteiger partial charge in [0.2, 0.25) is 11.8 Å². The molecule has 7 nitrogen and oxygen atoms in total. The Morgan fingerprint density at radius 1 is 1.07 bits per heavy atom. The maximum absolute atomic E-state index is 12.8. The Kier molecular flexibility index (Phi) is 6.47. The lowest BCUT2D eigenvalue weighted by Gasteiger charge is -2.34. The van der Waals surface area contributed by atoms with E-state index in [0.29, 0.717) is 12.4 Å². The number of hydrogen-bond acceptors (Lipinski definition) is 6. The molecule has 3 heterocycles. The van der Waals surface area contributed by atoms with E-state index in [4.69, 9.17) is 4.74 Å². The van der Waals surface area contributed by atoms with E-state index in [2.05, 4.69) is 20.2 Å². The number of pyridine rings is 2. The second-order valence-corrected chi connectivity index (χ2v) is 8.29. The second-order valence-electron chi connectivity index (χ2n) is 8.29. The number of carbonyl (C=O) groups excluding carboxylic acids is 1. The zero-order valence-corrected chi connectivity index (χ0v) is 17.5. The number of rotatable bonds is 5. The van der Waals surface area contributed by atoms with E-state index in [9.17, 15) is 9.90 Å². The van der Waals surface area contributed by atoms with Gasteiger partial charge in [-0.15, -0.1) is 0 Å². The number of ether oxygens (including phenoxy) is 1. The van der Waals surface area contributed by atoms with Crippen LogP contribution < -0.4 is 15.0 Å². The lowest BCUT2D eigenvalue weighted by atomic mass is 9.91. The Morgan fingerprint density at radius 2 is 1.80 bits per heavy atom. The average Bonchev–Trinajstić information content (AvgIpc) is 2.81. The molecule has 30 heavy (non-hydrogen) atoms. The normalized spacial score (nSPS) is 24.3. The summed E-state index contributed by atoms with van der Waals surface area (Å²) in [5.41, 5.74) is 1.99. The number of methoxy groups -OCH3 is 1. The van der Waals surface area contributed by atoms with Crippen molar-refractivity contribution in [3.63, 3.8) is 0 Å². The highest BCUT2D eigenvalue weighted by molar-refractivity contribution is 5.80. The van der Waals surface area contributed by atoms with Crippen molar-refractivity contribution in [1.82, 2.24) is 15.3 Å². The van der Waals surface area contributed by atoms with Crippen molar-refractivity contribution in [2.75, 3.05) is 25.1 Å². The molecular formula is C23H30N4O3. The van der Waals surface area contributed by atoms with Crippen molar-refractivity contribution >= 4 is 11.7 Å². The maximum atomic E-state index is 12.8. The van der Waals surface area contributed by atoms with Crippen LogP contribution in [0.5, 0.6) is 5.88 Å². The largest absolute Gasteiger partial charge is 0.481 e. The zero-order valence-electron chi connectivity index (χ0n) is 17.5. The van der Waals surface area contributed by atoms with E-state index in [1.165, 1.54) is 0 Å². The summed E-state index contributed by atoms with van der Waals surface area (Å²) in [6.45, 7) is 1.60. The first-order valence-corrected chi connectivity index (χ1v) is 10.8. The second kappa shape index (κ2) is 9.43. The molecule has 0 aromatic carbocycles. The molecular weight excluding hydrogens is 380 g/mol. The Labute approximate surface area is 177 Å². The number of aliphatic hydroxyl groups is 1. The van der Waals surface area contributed by atoms with Crippen LogP contribution in [0.15, 0.2) is 36.7 Å². The molecule has 1 amide bonds. The molecule has 0 radical (unpaired) electrons. The summed E-state index contributed by atoms with van der Waals surface area (Å²) < 4.78 is 5.11. The summed E-state index contributed by atoms with van der Waals surface area (Å²) in [6, 6.07) is 8.07. The van der Waals surface area contributed by atoms with Crippen molar-refractivity contribution < 1.29 is 14.6 Å². The first-order valence-electron chi connectivity index (χ1n) is 10.8. The highest BCUT2D eigenvalue weighted by atomic mass is 16.5. The number of amides is 1. The summed E-state index contributed by atoms with van der Waals surface area (Å²) >= 11 is 0. The molecule has 1 saturated carbocycles. The molecule has 2 aliphatic rings. The molecule has 1 aliphatic heterocycles. The first kappa shape index (κ1) is 20.6. The third kappa shape index (κ3) is 4.90. The fourth-order valence-electron chi connectivity index (χ4n) is 4.35. The quantitative estimate of drug-likeness (QED) is 0.788. The number of hydrogen-bond donors (Lipinski definition) is 2. The molecule has 2 aromatic heterocycles. The van der Waals surface area contributed by atoms with E-state index >= 15 is 0 Å². The van der Waals surface area contributed by atoms with Crippen LogP contribution in [-0.2, 0) is 4.79 Å². The van der Waals surface area contributed by atoms with E-state index in [-0.39, 0.29) is 24.0 Å². The molecule has 2 aromatic rings. The van der Waals surface area contributed by atoms with Gasteiger partial charge in [-0.25, -0.2) is 9.97 Å². The minimum absolute atomic E-state index is 0.0159. The Morgan fingerprint density at radius 3 is 2.43 bits per heavy atom. The first-order chi connectivity index (χ1) is 14.6. The summed E-state index contributed by atoms with van der Waals surface area (Å²) in [7, 11) is 1.60. The zero-order chi connectivity index (χ0) is 20.9. The number of aromatic nitrogens is 2. The van der Waals surface area contributed by atoms with Crippen LogP contribution in [0.1, 0.15) is 38.5 Å². The molecule has 2 fully saturated rings. The van der Waals surface area contributed by atoms with Crippen molar-refractivity contribution in [2.24, 2.45) is 5.92 Å². The number of anilines is 1. The number of piperidine rings is 1. The van der Waals surface area contributed by atoms with Gasteiger partial charge in [0.25, 0.3) is 0 Å². The molecule has 2 N–H and O–H groups in total. The van der Waals surface area contributed by atoms with Crippen molar-refractivity contribution in [1.29, 1.82) is 0 Å². The van der Waals surface area contributed by atoms with Gasteiger partial charge >= 0.3 is 0 Å². The number of carbonyl (C=O) groups is 1. The van der Waals surface area contributed by atoms with E-state index in [1.54, 1.807) is 13.3 Å². The molecule has 1 aliphatic carbocycles. The van der Waals surface area contributed by atoms with Gasteiger partial charge in [0.15, 0.2) is 0 Å². The molecule has 0 bridgehead atoms.